The molecular weight excluding hydrogens is 254 g/mol. The molecule has 0 aliphatic carbocycles. The number of carbonyl (C=O) groups is 1. The Morgan fingerprint density at radius 1 is 1.56 bits per heavy atom. The van der Waals surface area contributed by atoms with Gasteiger partial charge in [-0.15, -0.1) is 0 Å². The fraction of sp³-hybridized carbons (Fsp3) is 0.273. The second-order valence-corrected chi connectivity index (χ2v) is 4.10. The highest BCUT2D eigenvalue weighted by atomic mass is 32.1. The number of benzene rings is 1. The summed E-state index contributed by atoms with van der Waals surface area (Å²) in [4.78, 5) is 10.6. The van der Waals surface area contributed by atoms with Crippen LogP contribution in [-0.2, 0) is 4.74 Å². The Balaban J connectivity index is 1.82. The van der Waals surface area contributed by atoms with Crippen LogP contribution < -0.4 is 21.1 Å². The van der Waals surface area contributed by atoms with Crippen LogP contribution in [-0.4, -0.2) is 30.5 Å². The van der Waals surface area contributed by atoms with Gasteiger partial charge in [-0.05, 0) is 36.5 Å². The van der Waals surface area contributed by atoms with Crippen LogP contribution in [0.25, 0.3) is 0 Å². The number of nitrogens with two attached hydrogens (primary N) is 1. The monoisotopic (exact) mass is 267 g/mol. The van der Waals surface area contributed by atoms with Crippen molar-refractivity contribution < 1.29 is 14.3 Å². The molecule has 0 aromatic heterocycles. The summed E-state index contributed by atoms with van der Waals surface area (Å²) in [7, 11) is 0. The molecule has 96 valence electrons. The van der Waals surface area contributed by atoms with Crippen LogP contribution in [0.1, 0.15) is 0 Å². The first-order valence-electron chi connectivity index (χ1n) is 5.37. The zero-order valence-electron chi connectivity index (χ0n) is 9.51. The second kappa shape index (κ2) is 5.54. The second-order valence-electron chi connectivity index (χ2n) is 3.73. The zero-order valence-corrected chi connectivity index (χ0v) is 10.3. The molecule has 4 N–H and O–H groups in total. The van der Waals surface area contributed by atoms with Crippen LogP contribution in [0.3, 0.4) is 0 Å². The van der Waals surface area contributed by atoms with E-state index in [0.29, 0.717) is 29.8 Å². The van der Waals surface area contributed by atoms with Crippen LogP contribution in [0.4, 0.5) is 10.5 Å². The average molecular weight is 267 g/mol. The molecule has 1 aliphatic rings. The van der Waals surface area contributed by atoms with Crippen LogP contribution in [0.2, 0.25) is 0 Å². The first-order chi connectivity index (χ1) is 8.63. The summed E-state index contributed by atoms with van der Waals surface area (Å²) >= 11 is 4.84. The van der Waals surface area contributed by atoms with Gasteiger partial charge in [0.2, 0.25) is 0 Å². The molecule has 1 heterocycles. The van der Waals surface area contributed by atoms with Crippen molar-refractivity contribution in [3.8, 4) is 5.75 Å². The number of primary amides is 1. The highest BCUT2D eigenvalue weighted by Gasteiger charge is 2.20. The highest BCUT2D eigenvalue weighted by molar-refractivity contribution is 7.80. The molecule has 18 heavy (non-hydrogen) atoms. The van der Waals surface area contributed by atoms with Gasteiger partial charge < -0.3 is 25.8 Å². The Labute approximate surface area is 109 Å². The molecule has 2 amide bonds. The van der Waals surface area contributed by atoms with Crippen LogP contribution in [0.15, 0.2) is 24.3 Å². The fourth-order valence-electron chi connectivity index (χ4n) is 1.49. The van der Waals surface area contributed by atoms with Gasteiger partial charge in [0.05, 0.1) is 6.54 Å². The van der Waals surface area contributed by atoms with E-state index in [1.54, 1.807) is 24.3 Å². The molecule has 1 aromatic carbocycles. The standard InChI is InChI=1S/C11H13N3O3S/c12-10(15)14-7-1-3-8(4-2-7)16-6-9-5-13-11(18)17-9/h1-4,9H,5-6H2,(H,13,18)(H3,12,14,15). The molecule has 0 radical (unpaired) electrons. The highest BCUT2D eigenvalue weighted by Crippen LogP contribution is 2.16. The summed E-state index contributed by atoms with van der Waals surface area (Å²) in [5, 5.41) is 5.78. The van der Waals surface area contributed by atoms with Gasteiger partial charge in [-0.25, -0.2) is 4.79 Å². The number of hydrogen-bond donors (Lipinski definition) is 3. The molecule has 0 spiro atoms. The lowest BCUT2D eigenvalue weighted by molar-refractivity contribution is 0.150. The average Bonchev–Trinajstić information content (AvgIpc) is 2.74. The molecule has 1 aliphatic heterocycles. The van der Waals surface area contributed by atoms with E-state index < -0.39 is 6.03 Å². The van der Waals surface area contributed by atoms with E-state index in [-0.39, 0.29) is 6.10 Å². The van der Waals surface area contributed by atoms with E-state index in [4.69, 9.17) is 27.4 Å². The number of anilines is 1. The largest absolute Gasteiger partial charge is 0.490 e. The lowest BCUT2D eigenvalue weighted by Crippen LogP contribution is -2.22. The summed E-state index contributed by atoms with van der Waals surface area (Å²) in [6, 6.07) is 6.30. The van der Waals surface area contributed by atoms with Crippen molar-refractivity contribution in [1.29, 1.82) is 0 Å². The van der Waals surface area contributed by atoms with Crippen molar-refractivity contribution in [2.75, 3.05) is 18.5 Å². The molecule has 0 saturated carbocycles. The molecule has 1 saturated heterocycles. The SMILES string of the molecule is NC(=O)Nc1ccc(OCC2CNC(=S)O2)cc1. The molecule has 1 atom stereocenters. The van der Waals surface area contributed by atoms with Crippen molar-refractivity contribution in [1.82, 2.24) is 5.32 Å². The zero-order chi connectivity index (χ0) is 13.0. The van der Waals surface area contributed by atoms with E-state index in [1.165, 1.54) is 0 Å². The van der Waals surface area contributed by atoms with Gasteiger partial charge in [0, 0.05) is 5.69 Å². The Kier molecular flexibility index (Phi) is 3.83. The maximum Gasteiger partial charge on any atom is 0.316 e. The summed E-state index contributed by atoms with van der Waals surface area (Å²) < 4.78 is 10.8. The third kappa shape index (κ3) is 3.49. The molecule has 1 fully saturated rings. The number of thiocarbonyl (C=S) groups is 1. The molecule has 2 rings (SSSR count). The Bertz CT molecular complexity index is 449. The van der Waals surface area contributed by atoms with Gasteiger partial charge in [0.25, 0.3) is 5.17 Å². The van der Waals surface area contributed by atoms with Gasteiger partial charge in [0.15, 0.2) is 6.10 Å². The van der Waals surface area contributed by atoms with E-state index in [9.17, 15) is 4.79 Å². The number of carbonyl (C=O) groups excluding carboxylic acids is 1. The van der Waals surface area contributed by atoms with Gasteiger partial charge >= 0.3 is 6.03 Å². The summed E-state index contributed by atoms with van der Waals surface area (Å²) in [5.41, 5.74) is 5.62. The van der Waals surface area contributed by atoms with Crippen LogP contribution >= 0.6 is 12.2 Å². The summed E-state index contributed by atoms with van der Waals surface area (Å²) in [5.74, 6) is 0.687. The minimum absolute atomic E-state index is 0.0686. The fourth-order valence-corrected chi connectivity index (χ4v) is 1.71. The topological polar surface area (TPSA) is 85.6 Å². The lowest BCUT2D eigenvalue weighted by atomic mass is 10.3. The van der Waals surface area contributed by atoms with Gasteiger partial charge in [0.1, 0.15) is 12.4 Å². The Morgan fingerprint density at radius 3 is 2.83 bits per heavy atom. The van der Waals surface area contributed by atoms with E-state index in [0.717, 1.165) is 0 Å². The molecule has 6 nitrogen and oxygen atoms in total. The number of amides is 2. The Morgan fingerprint density at radius 2 is 2.28 bits per heavy atom. The minimum atomic E-state index is -0.595. The predicted octanol–water partition coefficient (Wildman–Crippen LogP) is 0.829. The normalized spacial score (nSPS) is 17.8. The third-order valence-corrected chi connectivity index (χ3v) is 2.55. The lowest BCUT2D eigenvalue weighted by Gasteiger charge is -2.11. The van der Waals surface area contributed by atoms with E-state index in [1.807, 2.05) is 0 Å². The van der Waals surface area contributed by atoms with Crippen molar-refractivity contribution in [2.24, 2.45) is 5.73 Å². The van der Waals surface area contributed by atoms with E-state index in [2.05, 4.69) is 10.6 Å². The van der Waals surface area contributed by atoms with Crippen molar-refractivity contribution in [2.45, 2.75) is 6.10 Å². The predicted molar refractivity (Wildman–Crippen MR) is 70.6 cm³/mol. The van der Waals surface area contributed by atoms with Gasteiger partial charge in [-0.3, -0.25) is 0 Å². The van der Waals surface area contributed by atoms with Crippen molar-refractivity contribution in [3.05, 3.63) is 24.3 Å². The quantitative estimate of drug-likeness (QED) is 0.703. The molecular formula is C11H13N3O3S. The van der Waals surface area contributed by atoms with Crippen LogP contribution in [0, 0.1) is 0 Å². The number of urea groups is 1. The number of hydrogen-bond acceptors (Lipinski definition) is 4. The summed E-state index contributed by atoms with van der Waals surface area (Å²) in [6.07, 6.45) is -0.0686. The number of rotatable bonds is 4. The molecule has 7 heteroatoms. The molecule has 0 bridgehead atoms. The first-order valence-corrected chi connectivity index (χ1v) is 5.78. The van der Waals surface area contributed by atoms with Crippen molar-refractivity contribution in [3.63, 3.8) is 0 Å². The number of nitrogens with one attached hydrogen (secondary N) is 2. The van der Waals surface area contributed by atoms with E-state index >= 15 is 0 Å². The van der Waals surface area contributed by atoms with Crippen molar-refractivity contribution >= 4 is 29.1 Å². The van der Waals surface area contributed by atoms with Gasteiger partial charge in [-0.1, -0.05) is 0 Å². The molecule has 1 unspecified atom stereocenters. The minimum Gasteiger partial charge on any atom is -0.490 e. The molecule has 1 aromatic rings. The smallest absolute Gasteiger partial charge is 0.316 e. The Hall–Kier alpha value is -2.02. The van der Waals surface area contributed by atoms with Gasteiger partial charge in [-0.2, -0.15) is 0 Å². The maximum absolute atomic E-state index is 10.6. The number of ether oxygens (including phenoxy) is 2. The van der Waals surface area contributed by atoms with Crippen LogP contribution in [0.5, 0.6) is 5.75 Å². The first kappa shape index (κ1) is 12.4. The summed E-state index contributed by atoms with van der Waals surface area (Å²) in [6.45, 7) is 1.07. The third-order valence-electron chi connectivity index (χ3n) is 2.31. The maximum atomic E-state index is 10.6.